The Balaban J connectivity index is 1.12. The van der Waals surface area contributed by atoms with E-state index in [-0.39, 0.29) is 0 Å². The summed E-state index contributed by atoms with van der Waals surface area (Å²) in [7, 11) is 0. The Labute approximate surface area is 323 Å². The minimum atomic E-state index is 0.660. The number of fused-ring (bicyclic) bond motifs is 3. The summed E-state index contributed by atoms with van der Waals surface area (Å²) < 4.78 is 2.50. The molecule has 0 unspecified atom stereocenters. The zero-order valence-corrected chi connectivity index (χ0v) is 30.9. The van der Waals surface area contributed by atoms with Crippen molar-refractivity contribution in [1.82, 2.24) is 24.9 Å². The topological polar surface area (TPSA) is 64.5 Å². The molecule has 0 radical (unpaired) electrons. The van der Waals surface area contributed by atoms with E-state index in [2.05, 4.69) is 97.1 Å². The van der Waals surface area contributed by atoms with Crippen LogP contribution in [-0.4, -0.2) is 24.9 Å². The highest BCUT2D eigenvalue weighted by Gasteiger charge is 2.20. The highest BCUT2D eigenvalue weighted by Crippen LogP contribution is 2.34. The number of hydrogen-bond donors (Lipinski definition) is 0. The summed E-state index contributed by atoms with van der Waals surface area (Å²) in [4.78, 5) is 25.4. The Bertz CT molecular complexity index is 2850. The van der Waals surface area contributed by atoms with Gasteiger partial charge in [0.1, 0.15) is 0 Å². The lowest BCUT2D eigenvalue weighted by molar-refractivity contribution is 1.03. The van der Waals surface area contributed by atoms with Gasteiger partial charge in [0.2, 0.25) is 0 Å². The number of rotatable bonds is 7. The molecule has 0 amide bonds. The van der Waals surface area contributed by atoms with Gasteiger partial charge in [0, 0.05) is 47.7 Å². The molecule has 2 aliphatic carbocycles. The van der Waals surface area contributed by atoms with Gasteiger partial charge in [-0.3, -0.25) is 0 Å². The van der Waals surface area contributed by atoms with E-state index in [9.17, 15) is 0 Å². The molecule has 2 aliphatic rings. The molecule has 3 heterocycles. The molecule has 262 valence electrons. The standard InChI is InChI=1S/C49H35N5S/c1-5-16-32(17-6-1)41-31-42(33-18-7-2-8-19-33)51-49(50-41)39-25-14-13-24-37(39)38-26-15-27-43-45(38)40-29-28-36(30-44(40)55-43)48-53-46(34-20-9-3-10-21-34)52-47(54-48)35-22-11-4-12-23-35/h1,3-7,9-14,16-25,27-31H,2,8,15,26H2. The quantitative estimate of drug-likeness (QED) is 0.164. The van der Waals surface area contributed by atoms with Crippen LogP contribution in [0.2, 0.25) is 0 Å². The Morgan fingerprint density at radius 1 is 0.455 bits per heavy atom. The van der Waals surface area contributed by atoms with Gasteiger partial charge in [-0.2, -0.15) is 0 Å². The molecular weight excluding hydrogens is 691 g/mol. The predicted octanol–water partition coefficient (Wildman–Crippen LogP) is 10.7. The summed E-state index contributed by atoms with van der Waals surface area (Å²) in [5.41, 5.74) is 10.6. The molecule has 0 spiro atoms. The summed E-state index contributed by atoms with van der Waals surface area (Å²) in [5.74, 6) is 2.73. The average molecular weight is 726 g/mol. The third kappa shape index (κ3) is 6.41. The van der Waals surface area contributed by atoms with Crippen molar-refractivity contribution in [2.24, 2.45) is 0 Å². The van der Waals surface area contributed by atoms with Gasteiger partial charge in [0.25, 0.3) is 0 Å². The zero-order valence-electron chi connectivity index (χ0n) is 30.1. The fourth-order valence-corrected chi connectivity index (χ4v) is 8.85. The molecule has 0 saturated heterocycles. The van der Waals surface area contributed by atoms with Crippen LogP contribution >= 0.6 is 11.3 Å². The molecule has 10 rings (SSSR count). The largest absolute Gasteiger partial charge is 0.228 e. The van der Waals surface area contributed by atoms with Crippen LogP contribution in [0.4, 0.5) is 0 Å². The van der Waals surface area contributed by atoms with Crippen LogP contribution in [0, 0.1) is 0 Å². The number of benzene rings is 5. The third-order valence-corrected chi connectivity index (χ3v) is 11.4. The molecule has 0 fully saturated rings. The van der Waals surface area contributed by atoms with E-state index in [0.29, 0.717) is 17.5 Å². The SMILES string of the molecule is C1=CC(c2cc(-c3ccccc3)nc(-c3ccccc3C3=c4c(sc5cc(-c6nc(-c7ccccc7)nc(-c7ccccc7)n6)ccc45)=CCC3)n2)=CCC1. The second-order valence-electron chi connectivity index (χ2n) is 13.8. The Hall–Kier alpha value is -6.63. The summed E-state index contributed by atoms with van der Waals surface area (Å²) in [5, 5.41) is 2.54. The van der Waals surface area contributed by atoms with E-state index in [1.807, 2.05) is 78.1 Å². The Morgan fingerprint density at radius 2 is 1.07 bits per heavy atom. The maximum atomic E-state index is 5.25. The van der Waals surface area contributed by atoms with Gasteiger partial charge in [-0.25, -0.2) is 24.9 Å². The van der Waals surface area contributed by atoms with Crippen molar-refractivity contribution >= 4 is 38.6 Å². The summed E-state index contributed by atoms with van der Waals surface area (Å²) in [6.45, 7) is 0. The first-order valence-electron chi connectivity index (χ1n) is 18.8. The maximum Gasteiger partial charge on any atom is 0.164 e. The lowest BCUT2D eigenvalue weighted by atomic mass is 9.91. The van der Waals surface area contributed by atoms with Gasteiger partial charge in [-0.1, -0.05) is 152 Å². The van der Waals surface area contributed by atoms with Gasteiger partial charge in [-0.15, -0.1) is 11.3 Å². The number of thiophene rings is 1. The summed E-state index contributed by atoms with van der Waals surface area (Å²) in [6, 6.07) is 48.2. The van der Waals surface area contributed by atoms with Gasteiger partial charge < -0.3 is 0 Å². The van der Waals surface area contributed by atoms with Gasteiger partial charge in [0.15, 0.2) is 23.3 Å². The molecule has 0 saturated carbocycles. The van der Waals surface area contributed by atoms with Crippen LogP contribution in [-0.2, 0) is 0 Å². The lowest BCUT2D eigenvalue weighted by Crippen LogP contribution is -2.25. The fraction of sp³-hybridized carbons (Fsp3) is 0.0816. The Kier molecular flexibility index (Phi) is 8.58. The average Bonchev–Trinajstić information content (AvgIpc) is 3.66. The molecule has 3 aromatic heterocycles. The van der Waals surface area contributed by atoms with E-state index >= 15 is 0 Å². The molecule has 55 heavy (non-hydrogen) atoms. The van der Waals surface area contributed by atoms with Gasteiger partial charge >= 0.3 is 0 Å². The van der Waals surface area contributed by atoms with Gasteiger partial charge in [-0.05, 0) is 54.5 Å². The van der Waals surface area contributed by atoms with Crippen molar-refractivity contribution in [2.45, 2.75) is 25.7 Å². The molecule has 0 bridgehead atoms. The first-order chi connectivity index (χ1) is 27.2. The number of hydrogen-bond acceptors (Lipinski definition) is 6. The monoisotopic (exact) mass is 725 g/mol. The Morgan fingerprint density at radius 3 is 1.75 bits per heavy atom. The van der Waals surface area contributed by atoms with E-state index in [4.69, 9.17) is 24.9 Å². The molecule has 5 aromatic carbocycles. The van der Waals surface area contributed by atoms with Crippen molar-refractivity contribution in [3.05, 3.63) is 179 Å². The second kappa shape index (κ2) is 14.3. The van der Waals surface area contributed by atoms with E-state index in [1.165, 1.54) is 31.0 Å². The maximum absolute atomic E-state index is 5.25. The third-order valence-electron chi connectivity index (χ3n) is 10.3. The van der Waals surface area contributed by atoms with Crippen molar-refractivity contribution in [1.29, 1.82) is 0 Å². The molecule has 6 heteroatoms. The van der Waals surface area contributed by atoms with Crippen molar-refractivity contribution < 1.29 is 0 Å². The molecule has 0 N–H and O–H groups in total. The molecule has 0 atom stereocenters. The van der Waals surface area contributed by atoms with E-state index < -0.39 is 0 Å². The van der Waals surface area contributed by atoms with Crippen LogP contribution in [0.5, 0.6) is 0 Å². The normalized spacial score (nSPS) is 13.7. The first kappa shape index (κ1) is 33.0. The van der Waals surface area contributed by atoms with Crippen LogP contribution in [0.1, 0.15) is 36.9 Å². The fourth-order valence-electron chi connectivity index (χ4n) is 7.61. The molecular formula is C49H35N5S. The molecule has 5 nitrogen and oxygen atoms in total. The van der Waals surface area contributed by atoms with Crippen LogP contribution in [0.25, 0.3) is 84.1 Å². The minimum Gasteiger partial charge on any atom is -0.228 e. The highest BCUT2D eigenvalue weighted by molar-refractivity contribution is 7.17. The van der Waals surface area contributed by atoms with E-state index in [0.717, 1.165) is 76.3 Å². The molecule has 0 aliphatic heterocycles. The zero-order chi connectivity index (χ0) is 36.6. The predicted molar refractivity (Wildman–Crippen MR) is 226 cm³/mol. The first-order valence-corrected chi connectivity index (χ1v) is 19.6. The minimum absolute atomic E-state index is 0.660. The smallest absolute Gasteiger partial charge is 0.164 e. The number of nitrogens with zero attached hydrogens (tertiary/aromatic N) is 5. The lowest BCUT2D eigenvalue weighted by Gasteiger charge is -2.16. The van der Waals surface area contributed by atoms with Gasteiger partial charge in [0.05, 0.1) is 11.4 Å². The van der Waals surface area contributed by atoms with Crippen LogP contribution in [0.3, 0.4) is 0 Å². The van der Waals surface area contributed by atoms with Crippen molar-refractivity contribution in [3.8, 4) is 56.8 Å². The van der Waals surface area contributed by atoms with Crippen molar-refractivity contribution in [2.75, 3.05) is 0 Å². The number of allylic oxidation sites excluding steroid dienone is 4. The van der Waals surface area contributed by atoms with Crippen molar-refractivity contribution in [3.63, 3.8) is 0 Å². The highest BCUT2D eigenvalue weighted by atomic mass is 32.1. The molecule has 8 aromatic rings. The second-order valence-corrected chi connectivity index (χ2v) is 14.9. The summed E-state index contributed by atoms with van der Waals surface area (Å²) >= 11 is 1.84. The number of aromatic nitrogens is 5. The van der Waals surface area contributed by atoms with E-state index in [1.54, 1.807) is 0 Å². The van der Waals surface area contributed by atoms with Crippen LogP contribution < -0.4 is 9.75 Å². The summed E-state index contributed by atoms with van der Waals surface area (Å²) in [6.07, 6.45) is 13.1. The van der Waals surface area contributed by atoms with Crippen LogP contribution in [0.15, 0.2) is 158 Å².